The van der Waals surface area contributed by atoms with Gasteiger partial charge in [0.25, 0.3) is 0 Å². The molecule has 0 spiro atoms. The summed E-state index contributed by atoms with van der Waals surface area (Å²) >= 11 is 0. The predicted octanol–water partition coefficient (Wildman–Crippen LogP) is 1.10. The fraction of sp³-hybridized carbons (Fsp3) is 0.500. The molecule has 0 bridgehead atoms. The maximum absolute atomic E-state index is 12.3. The lowest BCUT2D eigenvalue weighted by Gasteiger charge is -2.32. The molecule has 1 aromatic rings. The van der Waals surface area contributed by atoms with Crippen LogP contribution < -0.4 is 10.7 Å². The summed E-state index contributed by atoms with van der Waals surface area (Å²) in [7, 11) is 0. The van der Waals surface area contributed by atoms with Crippen LogP contribution in [0.25, 0.3) is 0 Å². The Morgan fingerprint density at radius 3 is 2.24 bits per heavy atom. The quantitative estimate of drug-likeness (QED) is 0.754. The van der Waals surface area contributed by atoms with Crippen molar-refractivity contribution in [2.45, 2.75) is 6.18 Å². The Morgan fingerprint density at radius 1 is 1.12 bits per heavy atom. The van der Waals surface area contributed by atoms with E-state index < -0.39 is 11.7 Å². The second kappa shape index (κ2) is 4.50. The highest BCUT2D eigenvalue weighted by atomic mass is 19.4. The van der Waals surface area contributed by atoms with Crippen LogP contribution >= 0.6 is 0 Å². The van der Waals surface area contributed by atoms with Crippen molar-refractivity contribution in [3.63, 3.8) is 0 Å². The molecule has 0 aliphatic carbocycles. The minimum atomic E-state index is -4.33. The lowest BCUT2D eigenvalue weighted by molar-refractivity contribution is -0.137. The Balaban J connectivity index is 2.08. The summed E-state index contributed by atoms with van der Waals surface area (Å²) in [6.07, 6.45) is -3.47. The van der Waals surface area contributed by atoms with Crippen LogP contribution in [0.5, 0.6) is 0 Å². The van der Waals surface area contributed by atoms with E-state index in [0.717, 1.165) is 12.3 Å². The molecule has 1 aromatic heterocycles. The van der Waals surface area contributed by atoms with Crippen LogP contribution in [0.1, 0.15) is 5.56 Å². The summed E-state index contributed by atoms with van der Waals surface area (Å²) in [5, 5.41) is 1.68. The number of nitrogens with two attached hydrogens (primary N) is 1. The van der Waals surface area contributed by atoms with E-state index in [1.807, 2.05) is 4.90 Å². The number of pyridine rings is 1. The Hall–Kier alpha value is -1.34. The molecule has 0 amide bonds. The molecule has 0 radical (unpaired) electrons. The fourth-order valence-electron chi connectivity index (χ4n) is 1.69. The zero-order chi connectivity index (χ0) is 12.5. The number of piperazine rings is 1. The van der Waals surface area contributed by atoms with Crippen LogP contribution in [-0.4, -0.2) is 36.2 Å². The van der Waals surface area contributed by atoms with E-state index >= 15 is 0 Å². The highest BCUT2D eigenvalue weighted by molar-refractivity contribution is 5.40. The molecule has 7 heteroatoms. The minimum Gasteiger partial charge on any atom is -0.354 e. The molecule has 1 aliphatic rings. The Labute approximate surface area is 96.8 Å². The first-order valence-electron chi connectivity index (χ1n) is 5.24. The SMILES string of the molecule is NN1CCN(c2ccc(C(F)(F)F)cn2)CC1. The molecule has 17 heavy (non-hydrogen) atoms. The summed E-state index contributed by atoms with van der Waals surface area (Å²) in [6, 6.07) is 2.45. The number of nitrogens with zero attached hydrogens (tertiary/aromatic N) is 3. The molecule has 1 aliphatic heterocycles. The maximum Gasteiger partial charge on any atom is 0.417 e. The number of anilines is 1. The summed E-state index contributed by atoms with van der Waals surface area (Å²) in [4.78, 5) is 5.76. The largest absolute Gasteiger partial charge is 0.417 e. The number of aromatic nitrogens is 1. The van der Waals surface area contributed by atoms with Crippen LogP contribution in [0.3, 0.4) is 0 Å². The topological polar surface area (TPSA) is 45.4 Å². The molecule has 1 saturated heterocycles. The third kappa shape index (κ3) is 2.86. The van der Waals surface area contributed by atoms with Gasteiger partial charge in [-0.3, -0.25) is 5.84 Å². The smallest absolute Gasteiger partial charge is 0.354 e. The first-order chi connectivity index (χ1) is 7.97. The summed E-state index contributed by atoms with van der Waals surface area (Å²) in [5.41, 5.74) is -0.723. The van der Waals surface area contributed by atoms with Crippen molar-refractivity contribution in [2.75, 3.05) is 31.1 Å². The van der Waals surface area contributed by atoms with Crippen LogP contribution in [0, 0.1) is 0 Å². The standard InChI is InChI=1S/C10H13F3N4/c11-10(12,13)8-1-2-9(15-7-8)16-3-5-17(14)6-4-16/h1-2,7H,3-6,14H2. The van der Waals surface area contributed by atoms with Crippen LogP contribution in [0.2, 0.25) is 0 Å². The minimum absolute atomic E-state index is 0.561. The molecule has 2 rings (SSSR count). The van der Waals surface area contributed by atoms with Crippen molar-refractivity contribution in [3.8, 4) is 0 Å². The molecule has 2 N–H and O–H groups in total. The second-order valence-corrected chi connectivity index (χ2v) is 3.93. The zero-order valence-electron chi connectivity index (χ0n) is 9.11. The van der Waals surface area contributed by atoms with Crippen molar-refractivity contribution >= 4 is 5.82 Å². The lowest BCUT2D eigenvalue weighted by Crippen LogP contribution is -2.49. The number of halogens is 3. The molecule has 0 unspecified atom stereocenters. The van der Waals surface area contributed by atoms with Gasteiger partial charge in [-0.25, -0.2) is 9.99 Å². The van der Waals surface area contributed by atoms with Crippen molar-refractivity contribution in [3.05, 3.63) is 23.9 Å². The molecule has 0 atom stereocenters. The van der Waals surface area contributed by atoms with Gasteiger partial charge < -0.3 is 4.90 Å². The Bertz CT molecular complexity index is 368. The zero-order valence-corrected chi connectivity index (χ0v) is 9.11. The van der Waals surface area contributed by atoms with Gasteiger partial charge >= 0.3 is 6.18 Å². The highest BCUT2D eigenvalue weighted by Crippen LogP contribution is 2.29. The van der Waals surface area contributed by atoms with Crippen LogP contribution in [-0.2, 0) is 6.18 Å². The van der Waals surface area contributed by atoms with Gasteiger partial charge in [0.05, 0.1) is 5.56 Å². The first kappa shape index (κ1) is 12.1. The summed E-state index contributed by atoms with van der Waals surface area (Å²) in [5.74, 6) is 6.15. The molecular weight excluding hydrogens is 233 g/mol. The van der Waals surface area contributed by atoms with Gasteiger partial charge in [0.15, 0.2) is 0 Å². The van der Waals surface area contributed by atoms with Crippen molar-refractivity contribution in [1.29, 1.82) is 0 Å². The number of hydrazine groups is 1. The first-order valence-corrected chi connectivity index (χ1v) is 5.24. The molecule has 0 saturated carbocycles. The van der Waals surface area contributed by atoms with E-state index in [2.05, 4.69) is 4.98 Å². The third-order valence-electron chi connectivity index (χ3n) is 2.71. The number of rotatable bonds is 1. The molecule has 94 valence electrons. The van der Waals surface area contributed by atoms with E-state index in [0.29, 0.717) is 32.0 Å². The van der Waals surface area contributed by atoms with Crippen LogP contribution in [0.4, 0.5) is 19.0 Å². The molecular formula is C10H13F3N4. The van der Waals surface area contributed by atoms with Gasteiger partial charge in [-0.15, -0.1) is 0 Å². The Kier molecular flexibility index (Phi) is 3.21. The lowest BCUT2D eigenvalue weighted by atomic mass is 10.2. The fourth-order valence-corrected chi connectivity index (χ4v) is 1.69. The van der Waals surface area contributed by atoms with Crippen molar-refractivity contribution in [2.24, 2.45) is 5.84 Å². The third-order valence-corrected chi connectivity index (χ3v) is 2.71. The number of hydrogen-bond acceptors (Lipinski definition) is 4. The second-order valence-electron chi connectivity index (χ2n) is 3.93. The van der Waals surface area contributed by atoms with Crippen molar-refractivity contribution < 1.29 is 13.2 Å². The average molecular weight is 246 g/mol. The number of hydrogen-bond donors (Lipinski definition) is 1. The van der Waals surface area contributed by atoms with Crippen LogP contribution in [0.15, 0.2) is 18.3 Å². The molecule has 4 nitrogen and oxygen atoms in total. The monoisotopic (exact) mass is 246 g/mol. The number of alkyl halides is 3. The molecule has 2 heterocycles. The van der Waals surface area contributed by atoms with Crippen molar-refractivity contribution in [1.82, 2.24) is 9.99 Å². The van der Waals surface area contributed by atoms with E-state index in [1.165, 1.54) is 6.07 Å². The van der Waals surface area contributed by atoms with Gasteiger partial charge in [0.1, 0.15) is 5.82 Å². The highest BCUT2D eigenvalue weighted by Gasteiger charge is 2.31. The van der Waals surface area contributed by atoms with E-state index in [9.17, 15) is 13.2 Å². The van der Waals surface area contributed by atoms with E-state index in [-0.39, 0.29) is 0 Å². The Morgan fingerprint density at radius 2 is 1.76 bits per heavy atom. The predicted molar refractivity (Wildman–Crippen MR) is 57.2 cm³/mol. The van der Waals surface area contributed by atoms with Gasteiger partial charge in [0.2, 0.25) is 0 Å². The van der Waals surface area contributed by atoms with Gasteiger partial charge in [0, 0.05) is 32.4 Å². The summed E-state index contributed by atoms with van der Waals surface area (Å²) in [6.45, 7) is 2.72. The average Bonchev–Trinajstić information content (AvgIpc) is 2.29. The van der Waals surface area contributed by atoms with E-state index in [4.69, 9.17) is 5.84 Å². The summed E-state index contributed by atoms with van der Waals surface area (Å²) < 4.78 is 37.0. The van der Waals surface area contributed by atoms with Gasteiger partial charge in [-0.1, -0.05) is 0 Å². The molecule has 0 aromatic carbocycles. The van der Waals surface area contributed by atoms with E-state index in [1.54, 1.807) is 5.01 Å². The normalized spacial score (nSPS) is 18.5. The maximum atomic E-state index is 12.3. The van der Waals surface area contributed by atoms with Gasteiger partial charge in [-0.05, 0) is 12.1 Å². The molecule has 1 fully saturated rings. The van der Waals surface area contributed by atoms with Gasteiger partial charge in [-0.2, -0.15) is 13.2 Å².